The molecular formula is C17H19ClN2O3S. The van der Waals surface area contributed by atoms with Gasteiger partial charge in [0, 0.05) is 24.8 Å². The molecular weight excluding hydrogens is 348 g/mol. The van der Waals surface area contributed by atoms with E-state index < -0.39 is 10.0 Å². The van der Waals surface area contributed by atoms with Gasteiger partial charge < -0.3 is 5.32 Å². The molecule has 0 atom stereocenters. The summed E-state index contributed by atoms with van der Waals surface area (Å²) in [6, 6.07) is 11.8. The summed E-state index contributed by atoms with van der Waals surface area (Å²) in [7, 11) is -0.630. The fraction of sp³-hybridized carbons (Fsp3) is 0.235. The Bertz CT molecular complexity index is 864. The second kappa shape index (κ2) is 7.34. The topological polar surface area (TPSA) is 66.5 Å². The number of sulfonamides is 1. The molecule has 1 N–H and O–H groups in total. The second-order valence-electron chi connectivity index (χ2n) is 5.58. The molecule has 1 amide bonds. The van der Waals surface area contributed by atoms with Crippen LogP contribution in [0.3, 0.4) is 0 Å². The molecule has 0 radical (unpaired) electrons. The summed E-state index contributed by atoms with van der Waals surface area (Å²) >= 11 is 6.06. The number of hydrogen-bond donors (Lipinski definition) is 1. The lowest BCUT2D eigenvalue weighted by molar-refractivity contribution is -0.115. The van der Waals surface area contributed by atoms with Crippen LogP contribution in [0.4, 0.5) is 5.69 Å². The van der Waals surface area contributed by atoms with E-state index in [2.05, 4.69) is 5.32 Å². The van der Waals surface area contributed by atoms with Crippen LogP contribution in [-0.2, 0) is 21.2 Å². The number of nitrogens with one attached hydrogen (secondary N) is 1. The normalized spacial score (nSPS) is 11.5. The molecule has 0 aliphatic heterocycles. The summed E-state index contributed by atoms with van der Waals surface area (Å²) in [5, 5.41) is 3.28. The molecule has 0 fully saturated rings. The highest BCUT2D eigenvalue weighted by Crippen LogP contribution is 2.23. The Morgan fingerprint density at radius 3 is 2.46 bits per heavy atom. The number of halogens is 1. The number of benzene rings is 2. The number of carbonyl (C=O) groups is 1. The SMILES string of the molecule is Cc1ccc(S(=O)(=O)N(C)C)cc1NC(=O)Cc1ccccc1Cl. The monoisotopic (exact) mass is 366 g/mol. The molecule has 2 aromatic carbocycles. The average molecular weight is 367 g/mol. The van der Waals surface area contributed by atoms with Gasteiger partial charge in [-0.05, 0) is 36.2 Å². The van der Waals surface area contributed by atoms with E-state index in [0.29, 0.717) is 16.3 Å². The first-order chi connectivity index (χ1) is 11.2. The van der Waals surface area contributed by atoms with Gasteiger partial charge in [0.05, 0.1) is 11.3 Å². The van der Waals surface area contributed by atoms with E-state index >= 15 is 0 Å². The highest BCUT2D eigenvalue weighted by atomic mass is 35.5. The number of aryl methyl sites for hydroxylation is 1. The van der Waals surface area contributed by atoms with Gasteiger partial charge in [0.25, 0.3) is 0 Å². The molecule has 0 saturated carbocycles. The Balaban J connectivity index is 2.23. The van der Waals surface area contributed by atoms with E-state index in [9.17, 15) is 13.2 Å². The van der Waals surface area contributed by atoms with Crippen molar-refractivity contribution in [1.82, 2.24) is 4.31 Å². The van der Waals surface area contributed by atoms with Gasteiger partial charge in [-0.1, -0.05) is 35.9 Å². The summed E-state index contributed by atoms with van der Waals surface area (Å²) in [5.41, 5.74) is 1.96. The van der Waals surface area contributed by atoms with Crippen molar-refractivity contribution in [2.45, 2.75) is 18.2 Å². The van der Waals surface area contributed by atoms with Gasteiger partial charge in [-0.25, -0.2) is 12.7 Å². The van der Waals surface area contributed by atoms with Gasteiger partial charge in [-0.2, -0.15) is 0 Å². The van der Waals surface area contributed by atoms with Crippen molar-refractivity contribution in [3.8, 4) is 0 Å². The lowest BCUT2D eigenvalue weighted by Crippen LogP contribution is -2.22. The zero-order valence-electron chi connectivity index (χ0n) is 13.7. The maximum absolute atomic E-state index is 12.3. The maximum atomic E-state index is 12.3. The molecule has 0 heterocycles. The quantitative estimate of drug-likeness (QED) is 0.884. The van der Waals surface area contributed by atoms with E-state index in [1.165, 1.54) is 26.2 Å². The van der Waals surface area contributed by atoms with Gasteiger partial charge in [0.2, 0.25) is 15.9 Å². The molecule has 0 aromatic heterocycles. The van der Waals surface area contributed by atoms with Gasteiger partial charge in [0.15, 0.2) is 0 Å². The van der Waals surface area contributed by atoms with Crippen molar-refractivity contribution in [3.05, 3.63) is 58.6 Å². The highest BCUT2D eigenvalue weighted by Gasteiger charge is 2.18. The molecule has 0 saturated heterocycles. The summed E-state index contributed by atoms with van der Waals surface area (Å²) in [6.07, 6.45) is 0.115. The van der Waals surface area contributed by atoms with Crippen LogP contribution in [0.25, 0.3) is 0 Å². The van der Waals surface area contributed by atoms with Crippen molar-refractivity contribution >= 4 is 33.2 Å². The van der Waals surface area contributed by atoms with Crippen LogP contribution in [0, 0.1) is 6.92 Å². The van der Waals surface area contributed by atoms with E-state index in [0.717, 1.165) is 9.87 Å². The van der Waals surface area contributed by atoms with Crippen LogP contribution in [0.15, 0.2) is 47.4 Å². The molecule has 2 rings (SSSR count). The number of rotatable bonds is 5. The molecule has 128 valence electrons. The minimum absolute atomic E-state index is 0.115. The molecule has 0 bridgehead atoms. The fourth-order valence-corrected chi connectivity index (χ4v) is 3.25. The first-order valence-electron chi connectivity index (χ1n) is 7.28. The first-order valence-corrected chi connectivity index (χ1v) is 9.10. The average Bonchev–Trinajstić information content (AvgIpc) is 2.51. The summed E-state index contributed by atoms with van der Waals surface area (Å²) in [6.45, 7) is 1.80. The van der Waals surface area contributed by atoms with E-state index in [-0.39, 0.29) is 17.2 Å². The predicted molar refractivity (Wildman–Crippen MR) is 95.8 cm³/mol. The van der Waals surface area contributed by atoms with Crippen LogP contribution < -0.4 is 5.32 Å². The molecule has 0 spiro atoms. The standard InChI is InChI=1S/C17H19ClN2O3S/c1-12-8-9-14(24(22,23)20(2)3)11-16(12)19-17(21)10-13-6-4-5-7-15(13)18/h4-9,11H,10H2,1-3H3,(H,19,21). The Morgan fingerprint density at radius 2 is 1.83 bits per heavy atom. The molecule has 5 nitrogen and oxygen atoms in total. The van der Waals surface area contributed by atoms with Crippen LogP contribution in [0.2, 0.25) is 5.02 Å². The smallest absolute Gasteiger partial charge is 0.242 e. The van der Waals surface area contributed by atoms with Crippen LogP contribution in [0.5, 0.6) is 0 Å². The van der Waals surface area contributed by atoms with Gasteiger partial charge >= 0.3 is 0 Å². The minimum Gasteiger partial charge on any atom is -0.326 e. The molecule has 7 heteroatoms. The Hall–Kier alpha value is -1.89. The van der Waals surface area contributed by atoms with Crippen molar-refractivity contribution in [2.24, 2.45) is 0 Å². The fourth-order valence-electron chi connectivity index (χ4n) is 2.12. The molecule has 0 aliphatic rings. The predicted octanol–water partition coefficient (Wildman–Crippen LogP) is 3.08. The third kappa shape index (κ3) is 4.14. The zero-order chi connectivity index (χ0) is 17.9. The van der Waals surface area contributed by atoms with E-state index in [4.69, 9.17) is 11.6 Å². The largest absolute Gasteiger partial charge is 0.326 e. The van der Waals surface area contributed by atoms with Gasteiger partial charge in [-0.15, -0.1) is 0 Å². The van der Waals surface area contributed by atoms with Gasteiger partial charge in [0.1, 0.15) is 0 Å². The molecule has 0 unspecified atom stereocenters. The second-order valence-corrected chi connectivity index (χ2v) is 8.14. The lowest BCUT2D eigenvalue weighted by atomic mass is 10.1. The minimum atomic E-state index is -3.56. The summed E-state index contributed by atoms with van der Waals surface area (Å²) in [4.78, 5) is 12.4. The maximum Gasteiger partial charge on any atom is 0.242 e. The Labute approximate surface area is 147 Å². The number of carbonyl (C=O) groups excluding carboxylic acids is 1. The third-order valence-corrected chi connectivity index (χ3v) is 5.75. The number of nitrogens with zero attached hydrogens (tertiary/aromatic N) is 1. The number of amides is 1. The van der Waals surface area contributed by atoms with E-state index in [1.54, 1.807) is 31.2 Å². The van der Waals surface area contributed by atoms with Crippen molar-refractivity contribution in [3.63, 3.8) is 0 Å². The lowest BCUT2D eigenvalue weighted by Gasteiger charge is -2.14. The van der Waals surface area contributed by atoms with Crippen molar-refractivity contribution in [1.29, 1.82) is 0 Å². The summed E-state index contributed by atoms with van der Waals surface area (Å²) < 4.78 is 25.6. The number of hydrogen-bond acceptors (Lipinski definition) is 3. The van der Waals surface area contributed by atoms with Crippen molar-refractivity contribution in [2.75, 3.05) is 19.4 Å². The Morgan fingerprint density at radius 1 is 1.17 bits per heavy atom. The summed E-state index contributed by atoms with van der Waals surface area (Å²) in [5.74, 6) is -0.259. The zero-order valence-corrected chi connectivity index (χ0v) is 15.3. The highest BCUT2D eigenvalue weighted by molar-refractivity contribution is 7.89. The Kier molecular flexibility index (Phi) is 5.64. The number of anilines is 1. The van der Waals surface area contributed by atoms with Crippen LogP contribution >= 0.6 is 11.6 Å². The first kappa shape index (κ1) is 18.4. The molecule has 0 aliphatic carbocycles. The van der Waals surface area contributed by atoms with Crippen molar-refractivity contribution < 1.29 is 13.2 Å². The molecule has 24 heavy (non-hydrogen) atoms. The third-order valence-electron chi connectivity index (χ3n) is 3.57. The van der Waals surface area contributed by atoms with E-state index in [1.807, 2.05) is 6.07 Å². The van der Waals surface area contributed by atoms with Crippen LogP contribution in [0.1, 0.15) is 11.1 Å². The molecule has 2 aromatic rings. The van der Waals surface area contributed by atoms with Crippen LogP contribution in [-0.4, -0.2) is 32.7 Å². The van der Waals surface area contributed by atoms with Gasteiger partial charge in [-0.3, -0.25) is 4.79 Å².